The lowest BCUT2D eigenvalue weighted by molar-refractivity contribution is 0.591. The zero-order valence-corrected chi connectivity index (χ0v) is 10.4. The third-order valence-electron chi connectivity index (χ3n) is 3.30. The minimum absolute atomic E-state index is 0. The number of benzene rings is 2. The highest BCUT2D eigenvalue weighted by Gasteiger charge is 2.20. The molecule has 0 unspecified atom stereocenters. The fourth-order valence-electron chi connectivity index (χ4n) is 2.48. The van der Waals surface area contributed by atoms with E-state index in [1.807, 2.05) is 0 Å². The molecule has 1 N–H and O–H groups in total. The van der Waals surface area contributed by atoms with Crippen molar-refractivity contribution in [3.8, 4) is 0 Å². The van der Waals surface area contributed by atoms with E-state index in [0.717, 1.165) is 13.1 Å². The van der Waals surface area contributed by atoms with Gasteiger partial charge < -0.3 is 5.32 Å². The van der Waals surface area contributed by atoms with E-state index in [9.17, 15) is 0 Å². The first-order valence-corrected chi connectivity index (χ1v) is 5.78. The Bertz CT molecular complexity index is 481. The number of hydrogen-bond donors (Lipinski definition) is 1. The fraction of sp³-hybridized carbons (Fsp3) is 0.200. The monoisotopic (exact) mass is 245 g/mol. The molecule has 0 fully saturated rings. The van der Waals surface area contributed by atoms with Gasteiger partial charge in [-0.15, -0.1) is 12.4 Å². The van der Waals surface area contributed by atoms with Crippen LogP contribution in [-0.2, 0) is 6.54 Å². The van der Waals surface area contributed by atoms with Crippen LogP contribution in [0.4, 0.5) is 0 Å². The van der Waals surface area contributed by atoms with Crippen molar-refractivity contribution in [2.75, 3.05) is 6.54 Å². The summed E-state index contributed by atoms with van der Waals surface area (Å²) in [6.45, 7) is 2.04. The van der Waals surface area contributed by atoms with E-state index in [1.54, 1.807) is 0 Å². The maximum atomic E-state index is 3.49. The highest BCUT2D eigenvalue weighted by molar-refractivity contribution is 5.85. The largest absolute Gasteiger partial charge is 0.312 e. The lowest BCUT2D eigenvalue weighted by Gasteiger charge is -2.26. The van der Waals surface area contributed by atoms with Crippen LogP contribution in [0.15, 0.2) is 54.6 Å². The fourth-order valence-corrected chi connectivity index (χ4v) is 2.48. The topological polar surface area (TPSA) is 12.0 Å². The zero-order valence-electron chi connectivity index (χ0n) is 9.60. The number of hydrogen-bond acceptors (Lipinski definition) is 1. The smallest absolute Gasteiger partial charge is 0.0218 e. The van der Waals surface area contributed by atoms with Gasteiger partial charge in [0.1, 0.15) is 0 Å². The first-order chi connectivity index (χ1) is 7.95. The molecule has 1 heterocycles. The molecular weight excluding hydrogens is 230 g/mol. The first-order valence-electron chi connectivity index (χ1n) is 5.78. The molecule has 1 atom stereocenters. The van der Waals surface area contributed by atoms with E-state index < -0.39 is 0 Å². The van der Waals surface area contributed by atoms with Crippen molar-refractivity contribution in [1.29, 1.82) is 0 Å². The summed E-state index contributed by atoms with van der Waals surface area (Å²) >= 11 is 0. The average molecular weight is 246 g/mol. The summed E-state index contributed by atoms with van der Waals surface area (Å²) in [4.78, 5) is 0. The molecule has 0 amide bonds. The predicted molar refractivity (Wildman–Crippen MR) is 73.7 cm³/mol. The molecule has 2 aromatic rings. The summed E-state index contributed by atoms with van der Waals surface area (Å²) in [6, 6.07) is 19.5. The Hall–Kier alpha value is -1.31. The molecule has 0 radical (unpaired) electrons. The van der Waals surface area contributed by atoms with Gasteiger partial charge in [0.15, 0.2) is 0 Å². The number of fused-ring (bicyclic) bond motifs is 1. The minimum atomic E-state index is 0. The van der Waals surface area contributed by atoms with Gasteiger partial charge in [-0.05, 0) is 16.7 Å². The van der Waals surface area contributed by atoms with Crippen LogP contribution >= 0.6 is 12.4 Å². The summed E-state index contributed by atoms with van der Waals surface area (Å²) in [7, 11) is 0. The molecule has 1 aliphatic rings. The van der Waals surface area contributed by atoms with Crippen LogP contribution in [0.2, 0.25) is 0 Å². The second kappa shape index (κ2) is 5.35. The first kappa shape index (κ1) is 12.2. The second-order valence-electron chi connectivity index (χ2n) is 4.29. The zero-order chi connectivity index (χ0) is 10.8. The third kappa shape index (κ3) is 2.36. The standard InChI is InChI=1S/C15H15N.ClH/c1-2-6-12(7-3-1)15-11-16-10-13-8-4-5-9-14(13)15;/h1-9,15-16H,10-11H2;1H/t15-;/m1./s1. The predicted octanol–water partition coefficient (Wildman–Crippen LogP) is 3.34. The van der Waals surface area contributed by atoms with E-state index >= 15 is 0 Å². The van der Waals surface area contributed by atoms with Crippen LogP contribution in [0.3, 0.4) is 0 Å². The molecule has 0 saturated carbocycles. The van der Waals surface area contributed by atoms with Crippen LogP contribution < -0.4 is 5.32 Å². The van der Waals surface area contributed by atoms with Gasteiger partial charge >= 0.3 is 0 Å². The Morgan fingerprint density at radius 1 is 0.882 bits per heavy atom. The highest BCUT2D eigenvalue weighted by atomic mass is 35.5. The number of halogens is 1. The highest BCUT2D eigenvalue weighted by Crippen LogP contribution is 2.29. The average Bonchev–Trinajstić information content (AvgIpc) is 2.39. The molecule has 0 bridgehead atoms. The minimum Gasteiger partial charge on any atom is -0.312 e. The van der Waals surface area contributed by atoms with Crippen LogP contribution in [0.25, 0.3) is 0 Å². The van der Waals surface area contributed by atoms with Crippen LogP contribution in [0.1, 0.15) is 22.6 Å². The third-order valence-corrected chi connectivity index (χ3v) is 3.30. The molecule has 0 aromatic heterocycles. The van der Waals surface area contributed by atoms with Gasteiger partial charge in [0, 0.05) is 19.0 Å². The molecular formula is C15H16ClN. The van der Waals surface area contributed by atoms with Crippen molar-refractivity contribution >= 4 is 12.4 Å². The molecule has 3 rings (SSSR count). The maximum Gasteiger partial charge on any atom is 0.0218 e. The Labute approximate surface area is 108 Å². The van der Waals surface area contributed by atoms with Crippen molar-refractivity contribution < 1.29 is 0 Å². The normalized spacial score (nSPS) is 18.0. The van der Waals surface area contributed by atoms with Gasteiger partial charge in [0.2, 0.25) is 0 Å². The van der Waals surface area contributed by atoms with E-state index in [1.165, 1.54) is 16.7 Å². The maximum absolute atomic E-state index is 3.49. The summed E-state index contributed by atoms with van der Waals surface area (Å²) < 4.78 is 0. The van der Waals surface area contributed by atoms with E-state index in [4.69, 9.17) is 0 Å². The molecule has 88 valence electrons. The second-order valence-corrected chi connectivity index (χ2v) is 4.29. The molecule has 2 aromatic carbocycles. The number of rotatable bonds is 1. The number of nitrogens with one attached hydrogen (secondary N) is 1. The van der Waals surface area contributed by atoms with Crippen LogP contribution in [0.5, 0.6) is 0 Å². The van der Waals surface area contributed by atoms with Gasteiger partial charge in [0.25, 0.3) is 0 Å². The summed E-state index contributed by atoms with van der Waals surface area (Å²) in [5.41, 5.74) is 4.32. The molecule has 17 heavy (non-hydrogen) atoms. The van der Waals surface area contributed by atoms with E-state index in [2.05, 4.69) is 59.9 Å². The van der Waals surface area contributed by atoms with Gasteiger partial charge in [0.05, 0.1) is 0 Å². The van der Waals surface area contributed by atoms with Gasteiger partial charge in [-0.25, -0.2) is 0 Å². The van der Waals surface area contributed by atoms with Gasteiger partial charge in [-0.2, -0.15) is 0 Å². The molecule has 1 aliphatic heterocycles. The lowest BCUT2D eigenvalue weighted by Crippen LogP contribution is -2.28. The summed E-state index contributed by atoms with van der Waals surface area (Å²) in [5.74, 6) is 0.506. The van der Waals surface area contributed by atoms with E-state index in [0.29, 0.717) is 5.92 Å². The van der Waals surface area contributed by atoms with Crippen molar-refractivity contribution in [1.82, 2.24) is 5.32 Å². The molecule has 0 spiro atoms. The molecule has 0 saturated heterocycles. The van der Waals surface area contributed by atoms with Crippen molar-refractivity contribution in [3.05, 3.63) is 71.3 Å². The van der Waals surface area contributed by atoms with Crippen molar-refractivity contribution in [3.63, 3.8) is 0 Å². The SMILES string of the molecule is Cl.c1ccc([C@H]2CNCc3ccccc32)cc1. The Balaban J connectivity index is 0.00000108. The van der Waals surface area contributed by atoms with Crippen LogP contribution in [0, 0.1) is 0 Å². The van der Waals surface area contributed by atoms with Gasteiger partial charge in [-0.3, -0.25) is 0 Å². The van der Waals surface area contributed by atoms with Gasteiger partial charge in [-0.1, -0.05) is 54.6 Å². The molecule has 2 heteroatoms. The lowest BCUT2D eigenvalue weighted by atomic mass is 9.86. The Morgan fingerprint density at radius 2 is 1.59 bits per heavy atom. The van der Waals surface area contributed by atoms with Crippen molar-refractivity contribution in [2.45, 2.75) is 12.5 Å². The summed E-state index contributed by atoms with van der Waals surface area (Å²) in [5, 5.41) is 3.49. The quantitative estimate of drug-likeness (QED) is 0.813. The molecule has 1 nitrogen and oxygen atoms in total. The molecule has 0 aliphatic carbocycles. The van der Waals surface area contributed by atoms with Crippen LogP contribution in [-0.4, -0.2) is 6.54 Å². The summed E-state index contributed by atoms with van der Waals surface area (Å²) in [6.07, 6.45) is 0. The Morgan fingerprint density at radius 3 is 2.41 bits per heavy atom. The van der Waals surface area contributed by atoms with Crippen molar-refractivity contribution in [2.24, 2.45) is 0 Å². The Kier molecular flexibility index (Phi) is 3.82. The van der Waals surface area contributed by atoms with E-state index in [-0.39, 0.29) is 12.4 Å².